The van der Waals surface area contributed by atoms with Gasteiger partial charge in [0.25, 0.3) is 11.7 Å². The Morgan fingerprint density at radius 2 is 1.41 bits per heavy atom. The molecule has 1 aliphatic heterocycles. The van der Waals surface area contributed by atoms with Gasteiger partial charge in [0, 0.05) is 11.8 Å². The van der Waals surface area contributed by atoms with E-state index in [0.717, 1.165) is 0 Å². The van der Waals surface area contributed by atoms with Crippen molar-refractivity contribution in [3.63, 3.8) is 0 Å². The number of nitrogens with zero attached hydrogens (tertiary/aromatic N) is 1. The molecule has 3 aromatic carbocycles. The van der Waals surface area contributed by atoms with Crippen molar-refractivity contribution in [2.45, 2.75) is 26.0 Å². The number of ketones is 1. The van der Waals surface area contributed by atoms with Crippen LogP contribution in [0.15, 0.2) is 72.3 Å². The number of rotatable bonds is 8. The van der Waals surface area contributed by atoms with Gasteiger partial charge in [-0.25, -0.2) is 0 Å². The Labute approximate surface area is 215 Å². The Morgan fingerprint density at radius 1 is 0.811 bits per heavy atom. The summed E-state index contributed by atoms with van der Waals surface area (Å²) in [6, 6.07) is 17.8. The predicted octanol–water partition coefficient (Wildman–Crippen LogP) is 5.13. The van der Waals surface area contributed by atoms with Crippen molar-refractivity contribution in [3.05, 3.63) is 83.4 Å². The van der Waals surface area contributed by atoms with E-state index >= 15 is 0 Å². The molecule has 0 radical (unpaired) electrons. The highest BCUT2D eigenvalue weighted by molar-refractivity contribution is 6.51. The number of methoxy groups -OCH3 is 3. The topological polar surface area (TPSA) is 94.5 Å². The zero-order valence-corrected chi connectivity index (χ0v) is 21.3. The number of aliphatic hydroxyl groups excluding tert-OH is 1. The molecule has 3 aromatic rings. The maximum atomic E-state index is 13.4. The maximum absolute atomic E-state index is 13.4. The number of anilines is 1. The summed E-state index contributed by atoms with van der Waals surface area (Å²) >= 11 is 0. The summed E-state index contributed by atoms with van der Waals surface area (Å²) in [5.74, 6) is 0.162. The molecule has 8 heteroatoms. The Balaban J connectivity index is 1.89. The molecule has 0 saturated carbocycles. The van der Waals surface area contributed by atoms with Crippen molar-refractivity contribution in [3.8, 4) is 23.0 Å². The van der Waals surface area contributed by atoms with Crippen molar-refractivity contribution in [2.75, 3.05) is 26.2 Å². The number of carbonyl (C=O) groups is 2. The highest BCUT2D eigenvalue weighted by atomic mass is 16.5. The van der Waals surface area contributed by atoms with Crippen LogP contribution >= 0.6 is 0 Å². The molecule has 37 heavy (non-hydrogen) atoms. The van der Waals surface area contributed by atoms with Crippen LogP contribution in [0.3, 0.4) is 0 Å². The molecular formula is C29H29NO7. The number of Topliss-reactive ketones (excluding diaryl/α,β-unsaturated/α-hetero) is 1. The third-order valence-corrected chi connectivity index (χ3v) is 6.03. The summed E-state index contributed by atoms with van der Waals surface area (Å²) in [6.45, 7) is 3.84. The first-order valence-corrected chi connectivity index (χ1v) is 11.7. The van der Waals surface area contributed by atoms with Crippen LogP contribution in [0.5, 0.6) is 23.0 Å². The van der Waals surface area contributed by atoms with Gasteiger partial charge in [-0.15, -0.1) is 0 Å². The standard InChI is InChI=1S/C29H29NO7/c1-17(2)37-21-12-8-19(9-13-21)30-26(18-6-10-20(34-3)11-7-18)25(28(32)29(30)33)27(31)23-15-14-22(35-4)16-24(23)36-5/h6-17,26,31H,1-5H3/b27-25-. The van der Waals surface area contributed by atoms with Crippen LogP contribution in [0.25, 0.3) is 5.76 Å². The molecule has 1 amide bonds. The van der Waals surface area contributed by atoms with Crippen LogP contribution in [-0.4, -0.2) is 44.2 Å². The molecule has 1 N–H and O–H groups in total. The minimum absolute atomic E-state index is 0.0149. The SMILES string of the molecule is COc1ccc(C2/C(=C(/O)c3ccc(OC)cc3OC)C(=O)C(=O)N2c2ccc(OC(C)C)cc2)cc1. The minimum atomic E-state index is -0.894. The average Bonchev–Trinajstić information content (AvgIpc) is 3.18. The molecule has 1 unspecified atom stereocenters. The number of aliphatic hydroxyl groups is 1. The highest BCUT2D eigenvalue weighted by Gasteiger charge is 2.47. The summed E-state index contributed by atoms with van der Waals surface area (Å²) in [5, 5.41) is 11.4. The largest absolute Gasteiger partial charge is 0.507 e. The highest BCUT2D eigenvalue weighted by Crippen LogP contribution is 2.44. The zero-order valence-electron chi connectivity index (χ0n) is 21.3. The van der Waals surface area contributed by atoms with Gasteiger partial charge in [-0.3, -0.25) is 14.5 Å². The van der Waals surface area contributed by atoms with Crippen molar-refractivity contribution >= 4 is 23.1 Å². The Kier molecular flexibility index (Phi) is 7.38. The molecule has 4 rings (SSSR count). The van der Waals surface area contributed by atoms with E-state index in [1.165, 1.54) is 19.1 Å². The van der Waals surface area contributed by atoms with Crippen LogP contribution in [0.2, 0.25) is 0 Å². The summed E-state index contributed by atoms with van der Waals surface area (Å²) in [5.41, 5.74) is 1.32. The number of benzene rings is 3. The molecule has 0 aromatic heterocycles. The molecule has 1 heterocycles. The van der Waals surface area contributed by atoms with E-state index in [9.17, 15) is 14.7 Å². The van der Waals surface area contributed by atoms with E-state index in [2.05, 4.69) is 0 Å². The smallest absolute Gasteiger partial charge is 0.300 e. The predicted molar refractivity (Wildman–Crippen MR) is 140 cm³/mol. The quantitative estimate of drug-likeness (QED) is 0.259. The van der Waals surface area contributed by atoms with E-state index < -0.39 is 17.7 Å². The lowest BCUT2D eigenvalue weighted by Crippen LogP contribution is -2.29. The molecule has 192 valence electrons. The number of hydrogen-bond donors (Lipinski definition) is 1. The molecule has 1 atom stereocenters. The lowest BCUT2D eigenvalue weighted by atomic mass is 9.94. The van der Waals surface area contributed by atoms with E-state index in [0.29, 0.717) is 34.2 Å². The second-order valence-corrected chi connectivity index (χ2v) is 8.67. The van der Waals surface area contributed by atoms with Gasteiger partial charge < -0.3 is 24.1 Å². The lowest BCUT2D eigenvalue weighted by molar-refractivity contribution is -0.132. The van der Waals surface area contributed by atoms with Crippen LogP contribution in [-0.2, 0) is 9.59 Å². The molecule has 0 aliphatic carbocycles. The van der Waals surface area contributed by atoms with Gasteiger partial charge in [-0.1, -0.05) is 12.1 Å². The van der Waals surface area contributed by atoms with Crippen molar-refractivity contribution < 1.29 is 33.6 Å². The van der Waals surface area contributed by atoms with Gasteiger partial charge in [-0.05, 0) is 67.9 Å². The fourth-order valence-corrected chi connectivity index (χ4v) is 4.30. The van der Waals surface area contributed by atoms with Gasteiger partial charge in [-0.2, -0.15) is 0 Å². The molecule has 1 saturated heterocycles. The van der Waals surface area contributed by atoms with Gasteiger partial charge >= 0.3 is 0 Å². The average molecular weight is 504 g/mol. The van der Waals surface area contributed by atoms with Gasteiger partial charge in [0.1, 0.15) is 28.8 Å². The van der Waals surface area contributed by atoms with E-state index in [4.69, 9.17) is 18.9 Å². The van der Waals surface area contributed by atoms with Crippen molar-refractivity contribution in [2.24, 2.45) is 0 Å². The van der Waals surface area contributed by atoms with Gasteiger partial charge in [0.15, 0.2) is 0 Å². The molecule has 1 fully saturated rings. The second kappa shape index (κ2) is 10.7. The monoisotopic (exact) mass is 503 g/mol. The van der Waals surface area contributed by atoms with E-state index in [1.54, 1.807) is 73.8 Å². The summed E-state index contributed by atoms with van der Waals surface area (Å²) in [4.78, 5) is 28.2. The van der Waals surface area contributed by atoms with Crippen LogP contribution in [0.4, 0.5) is 5.69 Å². The van der Waals surface area contributed by atoms with Crippen LogP contribution < -0.4 is 23.8 Å². The fourth-order valence-electron chi connectivity index (χ4n) is 4.30. The molecular weight excluding hydrogens is 474 g/mol. The minimum Gasteiger partial charge on any atom is -0.507 e. The molecule has 0 spiro atoms. The second-order valence-electron chi connectivity index (χ2n) is 8.67. The first-order valence-electron chi connectivity index (χ1n) is 11.7. The van der Waals surface area contributed by atoms with Gasteiger partial charge in [0.2, 0.25) is 0 Å². The van der Waals surface area contributed by atoms with Crippen molar-refractivity contribution in [1.29, 1.82) is 0 Å². The third kappa shape index (κ3) is 4.95. The Hall–Kier alpha value is -4.46. The number of carbonyl (C=O) groups excluding carboxylic acids is 2. The van der Waals surface area contributed by atoms with E-state index in [1.807, 2.05) is 13.8 Å². The number of ether oxygens (including phenoxy) is 4. The summed E-state index contributed by atoms with van der Waals surface area (Å²) < 4.78 is 21.7. The summed E-state index contributed by atoms with van der Waals surface area (Å²) in [6.07, 6.45) is -0.0149. The fraction of sp³-hybridized carbons (Fsp3) is 0.241. The van der Waals surface area contributed by atoms with Crippen LogP contribution in [0.1, 0.15) is 31.0 Å². The number of amides is 1. The number of hydrogen-bond acceptors (Lipinski definition) is 7. The maximum Gasteiger partial charge on any atom is 0.300 e. The summed E-state index contributed by atoms with van der Waals surface area (Å²) in [7, 11) is 4.52. The van der Waals surface area contributed by atoms with Crippen LogP contribution in [0, 0.1) is 0 Å². The Morgan fingerprint density at radius 3 is 1.97 bits per heavy atom. The van der Waals surface area contributed by atoms with E-state index in [-0.39, 0.29) is 23.0 Å². The Bertz CT molecular complexity index is 1330. The third-order valence-electron chi connectivity index (χ3n) is 6.03. The molecule has 1 aliphatic rings. The molecule has 8 nitrogen and oxygen atoms in total. The lowest BCUT2D eigenvalue weighted by Gasteiger charge is -2.26. The van der Waals surface area contributed by atoms with Crippen molar-refractivity contribution in [1.82, 2.24) is 0 Å². The first kappa shape index (κ1) is 25.6. The zero-order chi connectivity index (χ0) is 26.7. The first-order chi connectivity index (χ1) is 17.8. The van der Waals surface area contributed by atoms with Gasteiger partial charge in [0.05, 0.1) is 44.6 Å². The normalized spacial score (nSPS) is 16.7. The molecule has 0 bridgehead atoms.